The quantitative estimate of drug-likeness (QED) is 0.481. The van der Waals surface area contributed by atoms with E-state index in [1.54, 1.807) is 0 Å². The summed E-state index contributed by atoms with van der Waals surface area (Å²) in [6.45, 7) is 5.18. The van der Waals surface area contributed by atoms with Crippen LogP contribution in [0.2, 0.25) is 0 Å². The molecule has 3 heteroatoms. The minimum atomic E-state index is 0.301. The Kier molecular flexibility index (Phi) is 6.16. The van der Waals surface area contributed by atoms with E-state index in [2.05, 4.69) is 6.58 Å². The fourth-order valence-corrected chi connectivity index (χ4v) is 1.90. The van der Waals surface area contributed by atoms with Gasteiger partial charge in [-0.05, 0) is 32.2 Å². The van der Waals surface area contributed by atoms with Crippen molar-refractivity contribution in [1.82, 2.24) is 4.90 Å². The van der Waals surface area contributed by atoms with Crippen LogP contribution in [0.3, 0.4) is 0 Å². The molecule has 0 aromatic carbocycles. The third-order valence-corrected chi connectivity index (χ3v) is 2.98. The van der Waals surface area contributed by atoms with Gasteiger partial charge in [0.1, 0.15) is 0 Å². The Morgan fingerprint density at radius 3 is 2.56 bits per heavy atom. The first-order valence-corrected chi connectivity index (χ1v) is 6.40. The van der Waals surface area contributed by atoms with Crippen molar-refractivity contribution in [3.05, 3.63) is 12.7 Å². The van der Waals surface area contributed by atoms with Crippen LogP contribution in [0.4, 0.5) is 0 Å². The van der Waals surface area contributed by atoms with E-state index in [0.717, 1.165) is 32.2 Å². The largest absolute Gasteiger partial charge is 0.336 e. The lowest BCUT2D eigenvalue weighted by Crippen LogP contribution is -2.32. The van der Waals surface area contributed by atoms with Crippen LogP contribution in [0.15, 0.2) is 12.7 Å². The number of hydrogen-bond donors (Lipinski definition) is 1. The zero-order chi connectivity index (χ0) is 11.8. The Morgan fingerprint density at radius 2 is 2.00 bits per heavy atom. The van der Waals surface area contributed by atoms with Crippen LogP contribution in [0.25, 0.3) is 0 Å². The highest BCUT2D eigenvalue weighted by Gasteiger charge is 2.30. The number of nitrogens with zero attached hydrogens (tertiary/aromatic N) is 1. The first-order chi connectivity index (χ1) is 7.79. The van der Waals surface area contributed by atoms with Crippen molar-refractivity contribution in [3.63, 3.8) is 0 Å². The minimum Gasteiger partial charge on any atom is -0.336 e. The summed E-state index contributed by atoms with van der Waals surface area (Å²) in [4.78, 5) is 13.9. The second-order valence-electron chi connectivity index (χ2n) is 4.52. The van der Waals surface area contributed by atoms with E-state index in [9.17, 15) is 4.79 Å². The maximum absolute atomic E-state index is 11.9. The Labute approximate surface area is 98.7 Å². The van der Waals surface area contributed by atoms with Crippen LogP contribution in [0.5, 0.6) is 0 Å². The van der Waals surface area contributed by atoms with Crippen molar-refractivity contribution in [1.29, 1.82) is 0 Å². The normalized spacial score (nSPS) is 14.8. The van der Waals surface area contributed by atoms with Gasteiger partial charge in [-0.15, -0.1) is 6.58 Å². The summed E-state index contributed by atoms with van der Waals surface area (Å²) in [6.07, 6.45) is 9.20. The molecule has 0 bridgehead atoms. The van der Waals surface area contributed by atoms with Crippen LogP contribution >= 0.6 is 0 Å². The minimum absolute atomic E-state index is 0.301. The van der Waals surface area contributed by atoms with Gasteiger partial charge in [-0.2, -0.15) is 0 Å². The molecule has 0 unspecified atom stereocenters. The van der Waals surface area contributed by atoms with Crippen LogP contribution in [0, 0.1) is 0 Å². The SMILES string of the molecule is C=CCN(C(=O)CCCCCCN)C1CC1. The number of rotatable bonds is 9. The van der Waals surface area contributed by atoms with Crippen molar-refractivity contribution in [2.75, 3.05) is 13.1 Å². The van der Waals surface area contributed by atoms with Crippen molar-refractivity contribution in [3.8, 4) is 0 Å². The third kappa shape index (κ3) is 4.79. The van der Waals surface area contributed by atoms with E-state index in [1.807, 2.05) is 11.0 Å². The van der Waals surface area contributed by atoms with Crippen LogP contribution in [-0.2, 0) is 4.79 Å². The van der Waals surface area contributed by atoms with E-state index >= 15 is 0 Å². The van der Waals surface area contributed by atoms with Crippen molar-refractivity contribution in [2.24, 2.45) is 5.73 Å². The van der Waals surface area contributed by atoms with Crippen molar-refractivity contribution in [2.45, 2.75) is 51.0 Å². The highest BCUT2D eigenvalue weighted by molar-refractivity contribution is 5.77. The molecule has 1 saturated carbocycles. The van der Waals surface area contributed by atoms with E-state index in [4.69, 9.17) is 5.73 Å². The first kappa shape index (κ1) is 13.2. The molecule has 0 heterocycles. The average Bonchev–Trinajstić information content (AvgIpc) is 3.09. The molecule has 92 valence electrons. The van der Waals surface area contributed by atoms with E-state index < -0.39 is 0 Å². The van der Waals surface area contributed by atoms with Gasteiger partial charge in [0.25, 0.3) is 0 Å². The van der Waals surface area contributed by atoms with Gasteiger partial charge in [-0.25, -0.2) is 0 Å². The molecule has 16 heavy (non-hydrogen) atoms. The maximum Gasteiger partial charge on any atom is 0.223 e. The summed E-state index contributed by atoms with van der Waals surface area (Å²) in [5, 5.41) is 0. The molecule has 1 fully saturated rings. The van der Waals surface area contributed by atoms with E-state index in [0.29, 0.717) is 24.9 Å². The smallest absolute Gasteiger partial charge is 0.223 e. The summed E-state index contributed by atoms with van der Waals surface area (Å²) in [5.41, 5.74) is 5.42. The Balaban J connectivity index is 2.13. The topological polar surface area (TPSA) is 46.3 Å². The molecule has 1 amide bonds. The number of hydrogen-bond acceptors (Lipinski definition) is 2. The van der Waals surface area contributed by atoms with Gasteiger partial charge in [-0.1, -0.05) is 18.9 Å². The standard InChI is InChI=1S/C13H24N2O/c1-2-11-15(12-8-9-12)13(16)7-5-3-4-6-10-14/h2,12H,1,3-11,14H2. The Hall–Kier alpha value is -0.830. The molecular weight excluding hydrogens is 200 g/mol. The van der Waals surface area contributed by atoms with Gasteiger partial charge in [0.05, 0.1) is 0 Å². The molecular formula is C13H24N2O. The first-order valence-electron chi connectivity index (χ1n) is 6.40. The van der Waals surface area contributed by atoms with Crippen molar-refractivity contribution < 1.29 is 4.79 Å². The van der Waals surface area contributed by atoms with Gasteiger partial charge >= 0.3 is 0 Å². The lowest BCUT2D eigenvalue weighted by Gasteiger charge is -2.20. The monoisotopic (exact) mass is 224 g/mol. The van der Waals surface area contributed by atoms with E-state index in [1.165, 1.54) is 12.8 Å². The maximum atomic E-state index is 11.9. The summed E-state index contributed by atoms with van der Waals surface area (Å²) in [5.74, 6) is 0.301. The highest BCUT2D eigenvalue weighted by Crippen LogP contribution is 2.27. The van der Waals surface area contributed by atoms with Gasteiger partial charge < -0.3 is 10.6 Å². The van der Waals surface area contributed by atoms with E-state index in [-0.39, 0.29) is 0 Å². The lowest BCUT2D eigenvalue weighted by molar-refractivity contribution is -0.131. The van der Waals surface area contributed by atoms with Crippen LogP contribution < -0.4 is 5.73 Å². The molecule has 0 radical (unpaired) electrons. The predicted molar refractivity (Wildman–Crippen MR) is 67.1 cm³/mol. The van der Waals surface area contributed by atoms with Gasteiger partial charge in [0.15, 0.2) is 0 Å². The number of amides is 1. The molecule has 0 spiro atoms. The third-order valence-electron chi connectivity index (χ3n) is 2.98. The number of carbonyl (C=O) groups is 1. The Bertz CT molecular complexity index is 224. The van der Waals surface area contributed by atoms with Crippen LogP contribution in [-0.4, -0.2) is 29.9 Å². The molecule has 0 aliphatic heterocycles. The van der Waals surface area contributed by atoms with Gasteiger partial charge in [-0.3, -0.25) is 4.79 Å². The molecule has 1 aliphatic carbocycles. The summed E-state index contributed by atoms with van der Waals surface area (Å²) in [6, 6.07) is 0.509. The zero-order valence-corrected chi connectivity index (χ0v) is 10.2. The average molecular weight is 224 g/mol. The molecule has 1 rings (SSSR count). The zero-order valence-electron chi connectivity index (χ0n) is 10.2. The molecule has 2 N–H and O–H groups in total. The summed E-state index contributed by atoms with van der Waals surface area (Å²) in [7, 11) is 0. The van der Waals surface area contributed by atoms with Crippen molar-refractivity contribution >= 4 is 5.91 Å². The number of carbonyl (C=O) groups excluding carboxylic acids is 1. The number of nitrogens with two attached hydrogens (primary N) is 1. The molecule has 3 nitrogen and oxygen atoms in total. The highest BCUT2D eigenvalue weighted by atomic mass is 16.2. The van der Waals surface area contributed by atoms with Gasteiger partial charge in [0.2, 0.25) is 5.91 Å². The molecule has 0 saturated heterocycles. The predicted octanol–water partition coefficient (Wildman–Crippen LogP) is 2.07. The second-order valence-corrected chi connectivity index (χ2v) is 4.52. The second kappa shape index (κ2) is 7.44. The molecule has 1 aliphatic rings. The van der Waals surface area contributed by atoms with Gasteiger partial charge in [0, 0.05) is 19.0 Å². The summed E-state index contributed by atoms with van der Waals surface area (Å²) >= 11 is 0. The summed E-state index contributed by atoms with van der Waals surface area (Å²) < 4.78 is 0. The lowest BCUT2D eigenvalue weighted by atomic mass is 10.1. The van der Waals surface area contributed by atoms with Crippen LogP contribution in [0.1, 0.15) is 44.9 Å². The fourth-order valence-electron chi connectivity index (χ4n) is 1.90. The Morgan fingerprint density at radius 1 is 1.31 bits per heavy atom. The molecule has 0 atom stereocenters. The fraction of sp³-hybridized carbons (Fsp3) is 0.769. The molecule has 0 aromatic heterocycles. The number of unbranched alkanes of at least 4 members (excludes halogenated alkanes) is 3. The molecule has 0 aromatic rings.